The van der Waals surface area contributed by atoms with Gasteiger partial charge in [-0.15, -0.1) is 6.58 Å². The van der Waals surface area contributed by atoms with Gasteiger partial charge < -0.3 is 10.2 Å². The van der Waals surface area contributed by atoms with E-state index in [1.165, 1.54) is 6.07 Å². The Balaban J connectivity index is 2.58. The molecule has 24 heavy (non-hydrogen) atoms. The van der Waals surface area contributed by atoms with Crippen LogP contribution >= 0.6 is 0 Å². The molecule has 0 spiro atoms. The quantitative estimate of drug-likeness (QED) is 0.293. The molecule has 3 nitrogen and oxygen atoms in total. The Labute approximate surface area is 141 Å². The molecule has 0 aromatic heterocycles. The molecule has 0 atom stereocenters. The number of nitrogens with zero attached hydrogens (tertiary/aromatic N) is 2. The van der Waals surface area contributed by atoms with Crippen LogP contribution in [0.4, 0.5) is 13.2 Å². The van der Waals surface area contributed by atoms with E-state index in [0.29, 0.717) is 18.1 Å². The molecule has 1 N–H and O–H groups in total. The summed E-state index contributed by atoms with van der Waals surface area (Å²) in [6, 6.07) is 4.98. The van der Waals surface area contributed by atoms with Crippen LogP contribution in [0.25, 0.3) is 0 Å². The molecule has 0 bridgehead atoms. The minimum absolute atomic E-state index is 0.300. The highest BCUT2D eigenvalue weighted by atomic mass is 19.4. The Hall–Kier alpha value is -2.42. The first-order valence-corrected chi connectivity index (χ1v) is 7.57. The molecular formula is C18H22F3N3. The van der Waals surface area contributed by atoms with Crippen LogP contribution in [0.2, 0.25) is 0 Å². The SMILES string of the molecule is C=CCCCN(C)C(=NC)NCC#Cc1cccc(C(F)(F)F)c1. The molecule has 1 aromatic rings. The van der Waals surface area contributed by atoms with E-state index in [4.69, 9.17) is 0 Å². The van der Waals surface area contributed by atoms with Crippen molar-refractivity contribution in [3.63, 3.8) is 0 Å². The van der Waals surface area contributed by atoms with Gasteiger partial charge in [-0.25, -0.2) is 0 Å². The molecule has 0 saturated carbocycles. The molecule has 0 aliphatic rings. The predicted molar refractivity (Wildman–Crippen MR) is 91.7 cm³/mol. The van der Waals surface area contributed by atoms with Crippen LogP contribution in [0.15, 0.2) is 41.9 Å². The van der Waals surface area contributed by atoms with Crippen LogP contribution in [0.1, 0.15) is 24.0 Å². The fourth-order valence-electron chi connectivity index (χ4n) is 2.01. The highest BCUT2D eigenvalue weighted by Gasteiger charge is 2.30. The van der Waals surface area contributed by atoms with Gasteiger partial charge in [-0.05, 0) is 31.0 Å². The summed E-state index contributed by atoms with van der Waals surface area (Å²) in [5.41, 5.74) is -0.360. The molecule has 6 heteroatoms. The normalized spacial score (nSPS) is 11.5. The number of nitrogens with one attached hydrogen (secondary N) is 1. The Kier molecular flexibility index (Phi) is 7.90. The number of alkyl halides is 3. The molecule has 0 aliphatic carbocycles. The van der Waals surface area contributed by atoms with E-state index in [1.807, 2.05) is 18.0 Å². The third-order valence-electron chi connectivity index (χ3n) is 3.23. The van der Waals surface area contributed by atoms with Gasteiger partial charge in [0.1, 0.15) is 0 Å². The number of aliphatic imine (C=N–C) groups is 1. The monoisotopic (exact) mass is 337 g/mol. The van der Waals surface area contributed by atoms with E-state index in [0.717, 1.165) is 31.5 Å². The van der Waals surface area contributed by atoms with Crippen molar-refractivity contribution in [2.45, 2.75) is 19.0 Å². The number of unbranched alkanes of at least 4 members (excludes halogenated alkanes) is 1. The molecule has 130 valence electrons. The summed E-state index contributed by atoms with van der Waals surface area (Å²) in [7, 11) is 3.59. The van der Waals surface area contributed by atoms with Gasteiger partial charge in [0, 0.05) is 26.2 Å². The molecule has 1 rings (SSSR count). The van der Waals surface area contributed by atoms with Crippen molar-refractivity contribution >= 4 is 5.96 Å². The lowest BCUT2D eigenvalue weighted by Gasteiger charge is -2.20. The third kappa shape index (κ3) is 6.78. The Morgan fingerprint density at radius 1 is 1.42 bits per heavy atom. The van der Waals surface area contributed by atoms with Crippen molar-refractivity contribution < 1.29 is 13.2 Å². The van der Waals surface area contributed by atoms with Crippen molar-refractivity contribution in [2.75, 3.05) is 27.2 Å². The predicted octanol–water partition coefficient (Wildman–Crippen LogP) is 3.53. The zero-order valence-electron chi connectivity index (χ0n) is 14.0. The van der Waals surface area contributed by atoms with E-state index >= 15 is 0 Å². The van der Waals surface area contributed by atoms with E-state index < -0.39 is 11.7 Å². The molecule has 0 fully saturated rings. The smallest absolute Gasteiger partial charge is 0.346 e. The second-order valence-electron chi connectivity index (χ2n) is 5.13. The van der Waals surface area contributed by atoms with Crippen molar-refractivity contribution in [2.24, 2.45) is 4.99 Å². The fraction of sp³-hybridized carbons (Fsp3) is 0.389. The molecular weight excluding hydrogens is 315 g/mol. The van der Waals surface area contributed by atoms with E-state index in [-0.39, 0.29) is 0 Å². The van der Waals surface area contributed by atoms with E-state index in [2.05, 4.69) is 28.7 Å². The van der Waals surface area contributed by atoms with Crippen LogP contribution in [-0.4, -0.2) is 38.0 Å². The van der Waals surface area contributed by atoms with Gasteiger partial charge in [-0.1, -0.05) is 24.0 Å². The number of allylic oxidation sites excluding steroid dienone is 1. The number of hydrogen-bond donors (Lipinski definition) is 1. The Morgan fingerprint density at radius 3 is 2.79 bits per heavy atom. The van der Waals surface area contributed by atoms with Crippen LogP contribution in [-0.2, 0) is 6.18 Å². The van der Waals surface area contributed by atoms with Gasteiger partial charge in [-0.3, -0.25) is 4.99 Å². The number of benzene rings is 1. The topological polar surface area (TPSA) is 27.6 Å². The molecule has 0 heterocycles. The average Bonchev–Trinajstić information content (AvgIpc) is 2.54. The largest absolute Gasteiger partial charge is 0.416 e. The van der Waals surface area contributed by atoms with Crippen molar-refractivity contribution in [3.05, 3.63) is 48.0 Å². The summed E-state index contributed by atoms with van der Waals surface area (Å²) in [5, 5.41) is 3.07. The van der Waals surface area contributed by atoms with Gasteiger partial charge in [0.2, 0.25) is 0 Å². The maximum atomic E-state index is 12.6. The minimum Gasteiger partial charge on any atom is -0.346 e. The second-order valence-corrected chi connectivity index (χ2v) is 5.13. The maximum absolute atomic E-state index is 12.6. The highest BCUT2D eigenvalue weighted by Crippen LogP contribution is 2.29. The molecule has 0 amide bonds. The number of rotatable bonds is 5. The van der Waals surface area contributed by atoms with Gasteiger partial charge in [0.15, 0.2) is 5.96 Å². The van der Waals surface area contributed by atoms with Gasteiger partial charge in [-0.2, -0.15) is 13.2 Å². The summed E-state index contributed by atoms with van der Waals surface area (Å²) < 4.78 is 37.9. The van der Waals surface area contributed by atoms with Crippen molar-refractivity contribution in [3.8, 4) is 11.8 Å². The average molecular weight is 337 g/mol. The lowest BCUT2D eigenvalue weighted by atomic mass is 10.1. The van der Waals surface area contributed by atoms with Crippen LogP contribution in [0, 0.1) is 11.8 Å². The standard InChI is InChI=1S/C18H22F3N3/c1-4-5-6-13-24(3)17(22-2)23-12-8-10-15-9-7-11-16(14-15)18(19,20)21/h4,7,9,11,14H,1,5-6,12-13H2,2-3H3,(H,22,23). The first kappa shape index (κ1) is 19.6. The van der Waals surface area contributed by atoms with Gasteiger partial charge >= 0.3 is 6.18 Å². The van der Waals surface area contributed by atoms with Crippen LogP contribution in [0.3, 0.4) is 0 Å². The Bertz CT molecular complexity index is 624. The lowest BCUT2D eigenvalue weighted by molar-refractivity contribution is -0.137. The third-order valence-corrected chi connectivity index (χ3v) is 3.23. The molecule has 0 saturated heterocycles. The van der Waals surface area contributed by atoms with Crippen LogP contribution in [0.5, 0.6) is 0 Å². The lowest BCUT2D eigenvalue weighted by Crippen LogP contribution is -2.39. The van der Waals surface area contributed by atoms with Gasteiger partial charge in [0.05, 0.1) is 12.1 Å². The molecule has 0 aliphatic heterocycles. The maximum Gasteiger partial charge on any atom is 0.416 e. The van der Waals surface area contributed by atoms with Crippen molar-refractivity contribution in [1.82, 2.24) is 10.2 Å². The zero-order chi connectivity index (χ0) is 18.0. The molecule has 0 radical (unpaired) electrons. The summed E-state index contributed by atoms with van der Waals surface area (Å²) in [5.74, 6) is 6.24. The number of guanidine groups is 1. The summed E-state index contributed by atoms with van der Waals surface area (Å²) in [6.45, 7) is 4.81. The number of halogens is 3. The zero-order valence-corrected chi connectivity index (χ0v) is 14.0. The first-order chi connectivity index (χ1) is 11.4. The molecule has 0 unspecified atom stereocenters. The van der Waals surface area contributed by atoms with Crippen molar-refractivity contribution in [1.29, 1.82) is 0 Å². The molecule has 1 aromatic carbocycles. The summed E-state index contributed by atoms with van der Waals surface area (Å²) >= 11 is 0. The van der Waals surface area contributed by atoms with E-state index in [9.17, 15) is 13.2 Å². The summed E-state index contributed by atoms with van der Waals surface area (Å²) in [4.78, 5) is 6.11. The first-order valence-electron chi connectivity index (χ1n) is 7.57. The van der Waals surface area contributed by atoms with Crippen LogP contribution < -0.4 is 5.32 Å². The minimum atomic E-state index is -4.36. The van der Waals surface area contributed by atoms with E-state index in [1.54, 1.807) is 13.1 Å². The second kappa shape index (κ2) is 9.66. The Morgan fingerprint density at radius 2 is 2.17 bits per heavy atom. The highest BCUT2D eigenvalue weighted by molar-refractivity contribution is 5.79. The summed E-state index contributed by atoms with van der Waals surface area (Å²) in [6.07, 6.45) is -0.593. The fourth-order valence-corrected chi connectivity index (χ4v) is 2.01. The van der Waals surface area contributed by atoms with Gasteiger partial charge in [0.25, 0.3) is 0 Å². The number of hydrogen-bond acceptors (Lipinski definition) is 1.